The molecule has 0 aliphatic carbocycles. The van der Waals surface area contributed by atoms with E-state index in [1.54, 1.807) is 12.1 Å². The van der Waals surface area contributed by atoms with Crippen molar-refractivity contribution < 1.29 is 28.2 Å². The van der Waals surface area contributed by atoms with E-state index in [0.29, 0.717) is 23.4 Å². The Hall–Kier alpha value is -3.87. The first-order chi connectivity index (χ1) is 15.5. The first kappa shape index (κ1) is 21.4. The van der Waals surface area contributed by atoms with Gasteiger partial charge in [-0.25, -0.2) is 8.78 Å². The van der Waals surface area contributed by atoms with Crippen LogP contribution in [0.5, 0.6) is 11.5 Å². The number of carboxylic acids is 1. The topological polar surface area (TPSA) is 60.7 Å². The van der Waals surface area contributed by atoms with Gasteiger partial charge in [-0.05, 0) is 47.5 Å². The molecule has 0 bridgehead atoms. The molecule has 0 aliphatic heterocycles. The number of aryl methyl sites for hydroxylation is 1. The molecule has 3 aromatic carbocycles. The number of fused-ring (bicyclic) bond motifs is 1. The minimum absolute atomic E-state index is 0.0287. The fourth-order valence-electron chi connectivity index (χ4n) is 3.67. The number of nitrogens with zero attached hydrogens (tertiary/aromatic N) is 1. The van der Waals surface area contributed by atoms with Crippen LogP contribution in [0.15, 0.2) is 66.9 Å². The molecule has 0 saturated carbocycles. The monoisotopic (exact) mass is 437 g/mol. The zero-order chi connectivity index (χ0) is 22.7. The van der Waals surface area contributed by atoms with Crippen molar-refractivity contribution in [1.29, 1.82) is 0 Å². The first-order valence-corrected chi connectivity index (χ1v) is 10.0. The summed E-state index contributed by atoms with van der Waals surface area (Å²) in [7, 11) is 1.43. The highest BCUT2D eigenvalue weighted by Gasteiger charge is 2.13. The number of methoxy groups -OCH3 is 1. The van der Waals surface area contributed by atoms with Gasteiger partial charge in [0.05, 0.1) is 13.5 Å². The van der Waals surface area contributed by atoms with Gasteiger partial charge in [-0.3, -0.25) is 4.79 Å². The van der Waals surface area contributed by atoms with Crippen molar-refractivity contribution in [2.75, 3.05) is 7.11 Å². The number of rotatable bonds is 8. The number of benzene rings is 3. The number of aromatic nitrogens is 1. The third-order valence-electron chi connectivity index (χ3n) is 5.26. The summed E-state index contributed by atoms with van der Waals surface area (Å²) in [4.78, 5) is 10.9. The summed E-state index contributed by atoms with van der Waals surface area (Å²) in [5, 5.41) is 9.84. The largest absolute Gasteiger partial charge is 0.496 e. The molecule has 1 N–H and O–H groups in total. The Morgan fingerprint density at radius 2 is 1.88 bits per heavy atom. The third-order valence-corrected chi connectivity index (χ3v) is 5.26. The number of aliphatic carboxylic acids is 1. The lowest BCUT2D eigenvalue weighted by atomic mass is 10.0. The number of hydrogen-bond acceptors (Lipinski definition) is 3. The van der Waals surface area contributed by atoms with Crippen molar-refractivity contribution in [3.05, 3.63) is 84.1 Å². The molecule has 0 amide bonds. The molecule has 0 unspecified atom stereocenters. The predicted octanol–water partition coefficient (Wildman–Crippen LogP) is 5.65. The summed E-state index contributed by atoms with van der Waals surface area (Å²) in [5.41, 5.74) is 2.88. The van der Waals surface area contributed by atoms with Crippen LogP contribution < -0.4 is 9.47 Å². The maximum Gasteiger partial charge on any atom is 0.305 e. The molecule has 0 aliphatic rings. The van der Waals surface area contributed by atoms with Gasteiger partial charge in [-0.1, -0.05) is 18.2 Å². The lowest BCUT2D eigenvalue weighted by molar-refractivity contribution is -0.137. The molecule has 1 heterocycles. The van der Waals surface area contributed by atoms with Crippen LogP contribution >= 0.6 is 0 Å². The van der Waals surface area contributed by atoms with Crippen molar-refractivity contribution in [3.63, 3.8) is 0 Å². The van der Waals surface area contributed by atoms with Crippen molar-refractivity contribution in [3.8, 4) is 22.6 Å². The number of carboxylic acid groups (broad SMARTS) is 1. The van der Waals surface area contributed by atoms with Crippen molar-refractivity contribution in [1.82, 2.24) is 4.57 Å². The highest BCUT2D eigenvalue weighted by Crippen LogP contribution is 2.33. The Morgan fingerprint density at radius 1 is 1.03 bits per heavy atom. The molecule has 0 saturated heterocycles. The smallest absolute Gasteiger partial charge is 0.305 e. The van der Waals surface area contributed by atoms with E-state index >= 15 is 0 Å². The molecule has 1 aromatic heterocycles. The molecular formula is C25H21F2NO4. The third kappa shape index (κ3) is 4.42. The van der Waals surface area contributed by atoms with Crippen LogP contribution in [0, 0.1) is 11.6 Å². The molecule has 32 heavy (non-hydrogen) atoms. The lowest BCUT2D eigenvalue weighted by Gasteiger charge is -2.12. The van der Waals surface area contributed by atoms with Gasteiger partial charge in [0.2, 0.25) is 0 Å². The van der Waals surface area contributed by atoms with Crippen LogP contribution in [0.25, 0.3) is 22.0 Å². The van der Waals surface area contributed by atoms with E-state index in [4.69, 9.17) is 14.6 Å². The van der Waals surface area contributed by atoms with Gasteiger partial charge >= 0.3 is 5.97 Å². The second kappa shape index (κ2) is 9.09. The maximum atomic E-state index is 14.7. The van der Waals surface area contributed by atoms with Crippen molar-refractivity contribution >= 4 is 16.9 Å². The average Bonchev–Trinajstić information content (AvgIpc) is 3.20. The van der Waals surface area contributed by atoms with Gasteiger partial charge in [-0.15, -0.1) is 0 Å². The van der Waals surface area contributed by atoms with Gasteiger partial charge in [0.25, 0.3) is 0 Å². The second-order valence-corrected chi connectivity index (χ2v) is 7.28. The summed E-state index contributed by atoms with van der Waals surface area (Å²) in [6.07, 6.45) is 1.86. The van der Waals surface area contributed by atoms with Gasteiger partial charge < -0.3 is 19.1 Å². The number of hydrogen-bond donors (Lipinski definition) is 1. The molecule has 4 aromatic rings. The van der Waals surface area contributed by atoms with Gasteiger partial charge in [0, 0.05) is 35.3 Å². The summed E-state index contributed by atoms with van der Waals surface area (Å²) < 4.78 is 41.0. The summed E-state index contributed by atoms with van der Waals surface area (Å²) in [6, 6.07) is 16.2. The zero-order valence-corrected chi connectivity index (χ0v) is 17.3. The fraction of sp³-hybridized carbons (Fsp3) is 0.160. The second-order valence-electron chi connectivity index (χ2n) is 7.28. The Kier molecular flexibility index (Phi) is 6.07. The maximum absolute atomic E-state index is 14.7. The summed E-state index contributed by atoms with van der Waals surface area (Å²) in [6.45, 7) is 0.516. The highest BCUT2D eigenvalue weighted by molar-refractivity contribution is 5.83. The quantitative estimate of drug-likeness (QED) is 0.387. The van der Waals surface area contributed by atoms with Crippen molar-refractivity contribution in [2.45, 2.75) is 19.6 Å². The van der Waals surface area contributed by atoms with Crippen LogP contribution in [-0.4, -0.2) is 22.8 Å². The normalized spacial score (nSPS) is 11.0. The molecule has 7 heteroatoms. The molecule has 164 valence electrons. The lowest BCUT2D eigenvalue weighted by Crippen LogP contribution is -2.03. The molecule has 4 rings (SSSR count). The zero-order valence-electron chi connectivity index (χ0n) is 17.3. The standard InChI is InChI=1S/C25H21F2NO4/c1-31-24-14-18(26)6-7-20(24)16-5-8-23(21(27)13-16)32-15-17-3-2-4-22-19(17)9-11-28(22)12-10-25(29)30/h2-9,11,13-14H,10,12,15H2,1H3,(H,29,30). The average molecular weight is 437 g/mol. The Balaban J connectivity index is 1.53. The van der Waals surface area contributed by atoms with Crippen LogP contribution in [0.4, 0.5) is 8.78 Å². The van der Waals surface area contributed by atoms with Gasteiger partial charge in [0.1, 0.15) is 18.2 Å². The first-order valence-electron chi connectivity index (χ1n) is 10.0. The van der Waals surface area contributed by atoms with E-state index in [1.165, 1.54) is 31.4 Å². The van der Waals surface area contributed by atoms with E-state index in [2.05, 4.69) is 0 Å². The molecule has 0 atom stereocenters. The summed E-state index contributed by atoms with van der Waals surface area (Å²) in [5.74, 6) is -1.42. The van der Waals surface area contributed by atoms with Gasteiger partial charge in [0.15, 0.2) is 11.6 Å². The number of carbonyl (C=O) groups is 1. The fourth-order valence-corrected chi connectivity index (χ4v) is 3.67. The summed E-state index contributed by atoms with van der Waals surface area (Å²) >= 11 is 0. The minimum atomic E-state index is -0.858. The van der Waals surface area contributed by atoms with Crippen LogP contribution in [-0.2, 0) is 17.9 Å². The van der Waals surface area contributed by atoms with E-state index in [-0.39, 0.29) is 18.8 Å². The van der Waals surface area contributed by atoms with Gasteiger partial charge in [-0.2, -0.15) is 0 Å². The number of halogens is 2. The number of ether oxygens (including phenoxy) is 2. The van der Waals surface area contributed by atoms with E-state index < -0.39 is 17.6 Å². The van der Waals surface area contributed by atoms with Crippen LogP contribution in [0.3, 0.4) is 0 Å². The molecule has 0 fully saturated rings. The predicted molar refractivity (Wildman–Crippen MR) is 117 cm³/mol. The van der Waals surface area contributed by atoms with E-state index in [9.17, 15) is 13.6 Å². The Morgan fingerprint density at radius 3 is 2.62 bits per heavy atom. The molecule has 5 nitrogen and oxygen atoms in total. The van der Waals surface area contributed by atoms with E-state index in [1.807, 2.05) is 35.0 Å². The molecule has 0 spiro atoms. The van der Waals surface area contributed by atoms with Crippen LogP contribution in [0.1, 0.15) is 12.0 Å². The molecule has 0 radical (unpaired) electrons. The highest BCUT2D eigenvalue weighted by atomic mass is 19.1. The van der Waals surface area contributed by atoms with Crippen molar-refractivity contribution in [2.24, 2.45) is 0 Å². The Labute approximate surface area is 183 Å². The minimum Gasteiger partial charge on any atom is -0.496 e. The molecular weight excluding hydrogens is 416 g/mol. The SMILES string of the molecule is COc1cc(F)ccc1-c1ccc(OCc2cccc3c2ccn3CCC(=O)O)c(F)c1. The van der Waals surface area contributed by atoms with E-state index in [0.717, 1.165) is 16.5 Å². The Bertz CT molecular complexity index is 1280. The van der Waals surface area contributed by atoms with Crippen LogP contribution in [0.2, 0.25) is 0 Å².